The summed E-state index contributed by atoms with van der Waals surface area (Å²) in [4.78, 5) is 16.9. The van der Waals surface area contributed by atoms with Gasteiger partial charge in [0.05, 0.1) is 0 Å². The standard InChI is InChI=1S/C23H23F4N3OS/c1-14-12-16(7-8-17(14)24)18(30-21(22(31)28-2)19-4-3-11-32-19)9-5-15-6-10-20(29-13-15)23(25,26)27/h3-4,6-8,10-13,18,21,30H,5,9H2,1-2H3,(H,28,31)/t18-,21?/m1/s1. The Hall–Kier alpha value is -2.78. The van der Waals surface area contributed by atoms with Gasteiger partial charge >= 0.3 is 6.18 Å². The Morgan fingerprint density at radius 2 is 1.97 bits per heavy atom. The topological polar surface area (TPSA) is 54.0 Å². The third-order valence-electron chi connectivity index (χ3n) is 5.13. The number of rotatable bonds is 8. The van der Waals surface area contributed by atoms with Gasteiger partial charge in [0.15, 0.2) is 0 Å². The smallest absolute Gasteiger partial charge is 0.357 e. The average Bonchev–Trinajstić information content (AvgIpc) is 3.29. The number of aryl methyl sites for hydroxylation is 2. The molecular formula is C23H23F4N3OS. The second-order valence-electron chi connectivity index (χ2n) is 7.38. The van der Waals surface area contributed by atoms with E-state index in [1.54, 1.807) is 26.1 Å². The molecule has 2 heterocycles. The van der Waals surface area contributed by atoms with Gasteiger partial charge in [0.2, 0.25) is 5.91 Å². The van der Waals surface area contributed by atoms with Crippen molar-refractivity contribution in [1.29, 1.82) is 0 Å². The van der Waals surface area contributed by atoms with Crippen molar-refractivity contribution in [3.63, 3.8) is 0 Å². The van der Waals surface area contributed by atoms with Crippen LogP contribution in [0.15, 0.2) is 54.0 Å². The second kappa shape index (κ2) is 10.2. The molecule has 1 unspecified atom stereocenters. The Balaban J connectivity index is 1.85. The minimum Gasteiger partial charge on any atom is -0.357 e. The van der Waals surface area contributed by atoms with Crippen molar-refractivity contribution in [1.82, 2.24) is 15.6 Å². The number of thiophene rings is 1. The van der Waals surface area contributed by atoms with Crippen molar-refractivity contribution >= 4 is 17.2 Å². The maximum atomic E-state index is 13.8. The van der Waals surface area contributed by atoms with E-state index in [4.69, 9.17) is 0 Å². The van der Waals surface area contributed by atoms with E-state index in [1.165, 1.54) is 29.7 Å². The van der Waals surface area contributed by atoms with Crippen LogP contribution in [0.5, 0.6) is 0 Å². The average molecular weight is 466 g/mol. The van der Waals surface area contributed by atoms with Crippen LogP contribution in [0, 0.1) is 12.7 Å². The third-order valence-corrected chi connectivity index (χ3v) is 6.06. The predicted molar refractivity (Wildman–Crippen MR) is 116 cm³/mol. The molecule has 0 bridgehead atoms. The van der Waals surface area contributed by atoms with E-state index in [1.807, 2.05) is 17.5 Å². The van der Waals surface area contributed by atoms with Gasteiger partial charge in [-0.2, -0.15) is 13.2 Å². The molecule has 1 amide bonds. The molecule has 1 aromatic carbocycles. The lowest BCUT2D eigenvalue weighted by atomic mass is 9.96. The van der Waals surface area contributed by atoms with Crippen molar-refractivity contribution in [2.45, 2.75) is 38.0 Å². The Morgan fingerprint density at radius 3 is 2.53 bits per heavy atom. The largest absolute Gasteiger partial charge is 0.433 e. The van der Waals surface area contributed by atoms with Crippen LogP contribution in [0.25, 0.3) is 0 Å². The highest BCUT2D eigenvalue weighted by Gasteiger charge is 2.32. The number of carbonyl (C=O) groups is 1. The Morgan fingerprint density at radius 1 is 1.19 bits per heavy atom. The van der Waals surface area contributed by atoms with Gasteiger partial charge in [0.1, 0.15) is 17.6 Å². The number of hydrogen-bond donors (Lipinski definition) is 2. The maximum absolute atomic E-state index is 13.8. The van der Waals surface area contributed by atoms with Crippen molar-refractivity contribution in [3.8, 4) is 0 Å². The van der Waals surface area contributed by atoms with Gasteiger partial charge in [0.25, 0.3) is 0 Å². The highest BCUT2D eigenvalue weighted by atomic mass is 32.1. The lowest BCUT2D eigenvalue weighted by Gasteiger charge is -2.25. The number of likely N-dealkylation sites (N-methyl/N-ethyl adjacent to an activating group) is 1. The Bertz CT molecular complexity index is 1040. The summed E-state index contributed by atoms with van der Waals surface area (Å²) in [6.45, 7) is 1.66. The number of aromatic nitrogens is 1. The summed E-state index contributed by atoms with van der Waals surface area (Å²) in [7, 11) is 1.55. The molecule has 0 saturated heterocycles. The van der Waals surface area contributed by atoms with Gasteiger partial charge in [-0.25, -0.2) is 4.39 Å². The molecule has 170 valence electrons. The summed E-state index contributed by atoms with van der Waals surface area (Å²) in [6.07, 6.45) is -2.39. The number of carbonyl (C=O) groups excluding carboxylic acids is 1. The fourth-order valence-corrected chi connectivity index (χ4v) is 4.15. The number of nitrogens with zero attached hydrogens (tertiary/aromatic N) is 1. The molecule has 32 heavy (non-hydrogen) atoms. The zero-order valence-corrected chi connectivity index (χ0v) is 18.4. The van der Waals surface area contributed by atoms with Crippen LogP contribution in [0.1, 0.15) is 45.8 Å². The fourth-order valence-electron chi connectivity index (χ4n) is 3.37. The molecule has 0 aliphatic heterocycles. The molecule has 0 saturated carbocycles. The first-order valence-electron chi connectivity index (χ1n) is 9.98. The van der Waals surface area contributed by atoms with Gasteiger partial charge in [-0.05, 0) is 60.0 Å². The van der Waals surface area contributed by atoms with Crippen LogP contribution in [0.3, 0.4) is 0 Å². The van der Waals surface area contributed by atoms with Crippen molar-refractivity contribution in [2.24, 2.45) is 0 Å². The SMILES string of the molecule is CNC(=O)C(N[C@H](CCc1ccc(C(F)(F)F)nc1)c1ccc(F)c(C)c1)c1cccs1. The summed E-state index contributed by atoms with van der Waals surface area (Å²) in [5.74, 6) is -0.548. The third kappa shape index (κ3) is 5.92. The molecule has 0 fully saturated rings. The first-order chi connectivity index (χ1) is 15.2. The monoisotopic (exact) mass is 465 g/mol. The number of alkyl halides is 3. The van der Waals surface area contributed by atoms with Gasteiger partial charge in [0, 0.05) is 24.2 Å². The van der Waals surface area contributed by atoms with Crippen LogP contribution in [0.2, 0.25) is 0 Å². The molecule has 2 atom stereocenters. The maximum Gasteiger partial charge on any atom is 0.433 e. The van der Waals surface area contributed by atoms with Crippen molar-refractivity contribution in [2.75, 3.05) is 7.05 Å². The molecule has 0 aliphatic rings. The Labute approximate surface area is 187 Å². The van der Waals surface area contributed by atoms with Gasteiger partial charge < -0.3 is 5.32 Å². The zero-order valence-electron chi connectivity index (χ0n) is 17.5. The van der Waals surface area contributed by atoms with Crippen molar-refractivity contribution < 1.29 is 22.4 Å². The van der Waals surface area contributed by atoms with E-state index in [0.29, 0.717) is 24.0 Å². The quantitative estimate of drug-likeness (QED) is 0.441. The predicted octanol–water partition coefficient (Wildman–Crippen LogP) is 5.36. The minimum absolute atomic E-state index is 0.215. The highest BCUT2D eigenvalue weighted by Crippen LogP contribution is 2.29. The van der Waals surface area contributed by atoms with Crippen LogP contribution >= 0.6 is 11.3 Å². The first-order valence-corrected chi connectivity index (χ1v) is 10.9. The summed E-state index contributed by atoms with van der Waals surface area (Å²) in [5, 5.41) is 7.88. The number of halogens is 4. The zero-order chi connectivity index (χ0) is 23.3. The fraction of sp³-hybridized carbons (Fsp3) is 0.304. The molecule has 4 nitrogen and oxygen atoms in total. The molecule has 0 spiro atoms. The highest BCUT2D eigenvalue weighted by molar-refractivity contribution is 7.10. The van der Waals surface area contributed by atoms with Crippen LogP contribution in [-0.4, -0.2) is 17.9 Å². The van der Waals surface area contributed by atoms with Crippen LogP contribution in [0.4, 0.5) is 17.6 Å². The van der Waals surface area contributed by atoms with Crippen LogP contribution in [-0.2, 0) is 17.4 Å². The molecule has 9 heteroatoms. The van der Waals surface area contributed by atoms with E-state index >= 15 is 0 Å². The van der Waals surface area contributed by atoms with Gasteiger partial charge in [-0.1, -0.05) is 24.3 Å². The molecule has 0 aliphatic carbocycles. The van der Waals surface area contributed by atoms with Crippen molar-refractivity contribution in [3.05, 3.63) is 87.1 Å². The van der Waals surface area contributed by atoms with E-state index in [2.05, 4.69) is 15.6 Å². The summed E-state index contributed by atoms with van der Waals surface area (Å²) >= 11 is 1.44. The molecule has 2 N–H and O–H groups in total. The summed E-state index contributed by atoms with van der Waals surface area (Å²) < 4.78 is 52.2. The van der Waals surface area contributed by atoms with E-state index in [0.717, 1.165) is 16.5 Å². The van der Waals surface area contributed by atoms with E-state index in [-0.39, 0.29) is 17.8 Å². The van der Waals surface area contributed by atoms with Crippen LogP contribution < -0.4 is 10.6 Å². The summed E-state index contributed by atoms with van der Waals surface area (Å²) in [5.41, 5.74) is 0.950. The number of amides is 1. The molecule has 2 aromatic heterocycles. The lowest BCUT2D eigenvalue weighted by Crippen LogP contribution is -2.37. The van der Waals surface area contributed by atoms with E-state index in [9.17, 15) is 22.4 Å². The van der Waals surface area contributed by atoms with Gasteiger partial charge in [-0.15, -0.1) is 11.3 Å². The molecule has 3 aromatic rings. The lowest BCUT2D eigenvalue weighted by molar-refractivity contribution is -0.141. The normalized spacial score (nSPS) is 13.6. The molecule has 3 rings (SSSR count). The number of nitrogens with one attached hydrogen (secondary N) is 2. The minimum atomic E-state index is -4.49. The molecular weight excluding hydrogens is 442 g/mol. The number of hydrogen-bond acceptors (Lipinski definition) is 4. The number of pyridine rings is 1. The Kier molecular flexibility index (Phi) is 7.63. The number of benzene rings is 1. The van der Waals surface area contributed by atoms with E-state index < -0.39 is 17.9 Å². The molecule has 0 radical (unpaired) electrons. The van der Waals surface area contributed by atoms with Gasteiger partial charge in [-0.3, -0.25) is 15.1 Å². The second-order valence-corrected chi connectivity index (χ2v) is 8.36. The summed E-state index contributed by atoms with van der Waals surface area (Å²) in [6, 6.07) is 9.83. The first kappa shape index (κ1) is 23.9.